The number of likely N-dealkylation sites (N-methyl/N-ethyl adjacent to an activating group) is 1. The van der Waals surface area contributed by atoms with E-state index in [1.165, 1.54) is 19.2 Å². The van der Waals surface area contributed by atoms with Crippen LogP contribution in [-0.2, 0) is 21.2 Å². The molecule has 2 rings (SSSR count). The van der Waals surface area contributed by atoms with E-state index in [9.17, 15) is 18.3 Å². The lowest BCUT2D eigenvalue weighted by atomic mass is 10.0. The predicted octanol–water partition coefficient (Wildman–Crippen LogP) is 1.30. The molecule has 0 aromatic carbocycles. The molecule has 1 saturated carbocycles. The van der Waals surface area contributed by atoms with Crippen LogP contribution < -0.4 is 0 Å². The topological polar surface area (TPSA) is 94.9 Å². The predicted molar refractivity (Wildman–Crippen MR) is 78.9 cm³/mol. The molecule has 1 heterocycles. The molecule has 21 heavy (non-hydrogen) atoms. The smallest absolute Gasteiger partial charge is 0.308 e. The number of thiophene rings is 1. The molecule has 118 valence electrons. The highest BCUT2D eigenvalue weighted by molar-refractivity contribution is 7.91. The molecule has 1 aromatic rings. The molecule has 1 fully saturated rings. The van der Waals surface area contributed by atoms with Gasteiger partial charge in [-0.1, -0.05) is 12.8 Å². The summed E-state index contributed by atoms with van der Waals surface area (Å²) in [7, 11) is -2.23. The van der Waals surface area contributed by atoms with E-state index in [0.717, 1.165) is 28.5 Å². The van der Waals surface area contributed by atoms with Crippen molar-refractivity contribution >= 4 is 27.3 Å². The second kappa shape index (κ2) is 6.04. The van der Waals surface area contributed by atoms with Gasteiger partial charge in [-0.15, -0.1) is 11.3 Å². The van der Waals surface area contributed by atoms with Crippen molar-refractivity contribution < 1.29 is 23.4 Å². The third-order valence-electron chi connectivity index (χ3n) is 3.68. The highest BCUT2D eigenvalue weighted by Crippen LogP contribution is 2.32. The largest absolute Gasteiger partial charge is 0.481 e. The number of hydrogen-bond donors (Lipinski definition) is 2. The van der Waals surface area contributed by atoms with Crippen molar-refractivity contribution in [1.82, 2.24) is 4.31 Å². The summed E-state index contributed by atoms with van der Waals surface area (Å²) >= 11 is 0.961. The zero-order valence-electron chi connectivity index (χ0n) is 11.8. The van der Waals surface area contributed by atoms with Crippen molar-refractivity contribution in [2.75, 3.05) is 13.6 Å². The Labute approximate surface area is 128 Å². The maximum atomic E-state index is 12.4. The summed E-state index contributed by atoms with van der Waals surface area (Å²) < 4.78 is 26.2. The first-order valence-electron chi connectivity index (χ1n) is 6.72. The van der Waals surface area contributed by atoms with Gasteiger partial charge in [-0.3, -0.25) is 4.79 Å². The van der Waals surface area contributed by atoms with Crippen LogP contribution in [0.5, 0.6) is 0 Å². The van der Waals surface area contributed by atoms with Crippen LogP contribution >= 0.6 is 11.3 Å². The van der Waals surface area contributed by atoms with Gasteiger partial charge in [0.05, 0.1) is 12.0 Å². The fourth-order valence-corrected chi connectivity index (χ4v) is 5.39. The Kier molecular flexibility index (Phi) is 4.72. The van der Waals surface area contributed by atoms with Crippen molar-refractivity contribution in [2.45, 2.75) is 41.9 Å². The first-order valence-corrected chi connectivity index (χ1v) is 8.98. The number of nitrogens with zero attached hydrogens (tertiary/aromatic N) is 1. The van der Waals surface area contributed by atoms with Crippen molar-refractivity contribution in [3.8, 4) is 0 Å². The van der Waals surface area contributed by atoms with Gasteiger partial charge in [-0.25, -0.2) is 8.42 Å². The second-order valence-electron chi connectivity index (χ2n) is 5.48. The van der Waals surface area contributed by atoms with Crippen LogP contribution in [0.2, 0.25) is 0 Å². The molecule has 0 bridgehead atoms. The Morgan fingerprint density at radius 3 is 2.57 bits per heavy atom. The van der Waals surface area contributed by atoms with E-state index in [0.29, 0.717) is 17.7 Å². The number of aliphatic hydroxyl groups is 1. The molecule has 0 unspecified atom stereocenters. The Bertz CT molecular complexity index is 616. The minimum atomic E-state index is -3.68. The van der Waals surface area contributed by atoms with Gasteiger partial charge in [0.15, 0.2) is 0 Å². The molecular formula is C13H19NO5S2. The van der Waals surface area contributed by atoms with Crippen LogP contribution in [0.1, 0.15) is 30.6 Å². The van der Waals surface area contributed by atoms with E-state index in [2.05, 4.69) is 0 Å². The van der Waals surface area contributed by atoms with Crippen molar-refractivity contribution in [3.05, 3.63) is 17.0 Å². The highest BCUT2D eigenvalue weighted by Gasteiger charge is 2.36. The van der Waals surface area contributed by atoms with E-state index in [1.807, 2.05) is 0 Å². The Morgan fingerprint density at radius 2 is 2.00 bits per heavy atom. The minimum absolute atomic E-state index is 0.0709. The van der Waals surface area contributed by atoms with Crippen LogP contribution in [0.15, 0.2) is 16.3 Å². The van der Waals surface area contributed by atoms with Gasteiger partial charge in [0.25, 0.3) is 10.0 Å². The highest BCUT2D eigenvalue weighted by atomic mass is 32.2. The average molecular weight is 333 g/mol. The van der Waals surface area contributed by atoms with Gasteiger partial charge >= 0.3 is 5.97 Å². The van der Waals surface area contributed by atoms with Crippen LogP contribution in [0.25, 0.3) is 0 Å². The van der Waals surface area contributed by atoms with Gasteiger partial charge in [0.1, 0.15) is 4.21 Å². The van der Waals surface area contributed by atoms with Crippen LogP contribution in [0, 0.1) is 0 Å². The van der Waals surface area contributed by atoms with E-state index >= 15 is 0 Å². The molecule has 0 aliphatic heterocycles. The van der Waals surface area contributed by atoms with E-state index in [-0.39, 0.29) is 17.2 Å². The molecule has 0 saturated heterocycles. The number of carboxylic acids is 1. The standard InChI is InChI=1S/C13H19NO5S2/c1-14(9-13(17)6-2-3-7-13)21(18,19)12-5-4-10(20-12)8-11(15)16/h4-5,17H,2-3,6-9H2,1H3,(H,15,16). The number of carboxylic acid groups (broad SMARTS) is 1. The van der Waals surface area contributed by atoms with Crippen molar-refractivity contribution in [2.24, 2.45) is 0 Å². The van der Waals surface area contributed by atoms with E-state index in [4.69, 9.17) is 5.11 Å². The molecule has 0 amide bonds. The van der Waals surface area contributed by atoms with Crippen molar-refractivity contribution in [1.29, 1.82) is 0 Å². The van der Waals surface area contributed by atoms with Crippen LogP contribution in [0.3, 0.4) is 0 Å². The van der Waals surface area contributed by atoms with E-state index in [1.54, 1.807) is 0 Å². The average Bonchev–Trinajstić information content (AvgIpc) is 2.98. The SMILES string of the molecule is CN(CC1(O)CCCC1)S(=O)(=O)c1ccc(CC(=O)O)s1. The molecule has 0 spiro atoms. The summed E-state index contributed by atoms with van der Waals surface area (Å²) in [6.07, 6.45) is 2.86. The Hall–Kier alpha value is -0.960. The maximum absolute atomic E-state index is 12.4. The van der Waals surface area contributed by atoms with Gasteiger partial charge in [-0.2, -0.15) is 4.31 Å². The first-order chi connectivity index (χ1) is 9.73. The van der Waals surface area contributed by atoms with E-state index < -0.39 is 21.6 Å². The number of aliphatic carboxylic acids is 1. The van der Waals surface area contributed by atoms with Gasteiger partial charge in [0.2, 0.25) is 0 Å². The minimum Gasteiger partial charge on any atom is -0.481 e. The van der Waals surface area contributed by atoms with Crippen LogP contribution in [0.4, 0.5) is 0 Å². The summed E-state index contributed by atoms with van der Waals surface area (Å²) in [4.78, 5) is 11.1. The summed E-state index contributed by atoms with van der Waals surface area (Å²) in [5.74, 6) is -0.991. The van der Waals surface area contributed by atoms with Gasteiger partial charge in [-0.05, 0) is 25.0 Å². The Morgan fingerprint density at radius 1 is 1.38 bits per heavy atom. The maximum Gasteiger partial charge on any atom is 0.308 e. The van der Waals surface area contributed by atoms with Crippen molar-refractivity contribution in [3.63, 3.8) is 0 Å². The van der Waals surface area contributed by atoms with Gasteiger partial charge in [0, 0.05) is 18.5 Å². The number of sulfonamides is 1. The molecule has 1 aromatic heterocycles. The molecule has 0 atom stereocenters. The quantitative estimate of drug-likeness (QED) is 0.818. The molecule has 1 aliphatic carbocycles. The fraction of sp³-hybridized carbons (Fsp3) is 0.615. The summed E-state index contributed by atoms with van der Waals surface area (Å²) in [6.45, 7) is 0.0709. The summed E-state index contributed by atoms with van der Waals surface area (Å²) in [5, 5.41) is 19.0. The molecule has 0 radical (unpaired) electrons. The molecule has 1 aliphatic rings. The number of hydrogen-bond acceptors (Lipinski definition) is 5. The lowest BCUT2D eigenvalue weighted by Gasteiger charge is -2.27. The summed E-state index contributed by atoms with van der Waals surface area (Å²) in [6, 6.07) is 2.94. The normalized spacial score (nSPS) is 18.2. The Balaban J connectivity index is 2.13. The fourth-order valence-electron chi connectivity index (χ4n) is 2.59. The number of rotatable bonds is 6. The monoisotopic (exact) mass is 333 g/mol. The van der Waals surface area contributed by atoms with Crippen LogP contribution in [-0.4, -0.2) is 48.1 Å². The lowest BCUT2D eigenvalue weighted by Crippen LogP contribution is -2.41. The first kappa shape index (κ1) is 16.4. The molecule has 8 heteroatoms. The van der Waals surface area contributed by atoms with Gasteiger partial charge < -0.3 is 10.2 Å². The molecule has 2 N–H and O–H groups in total. The zero-order valence-corrected chi connectivity index (χ0v) is 13.4. The lowest BCUT2D eigenvalue weighted by molar-refractivity contribution is -0.136. The third-order valence-corrected chi connectivity index (χ3v) is 7.03. The summed E-state index contributed by atoms with van der Waals surface area (Å²) in [5.41, 5.74) is -0.941. The molecule has 6 nitrogen and oxygen atoms in total. The number of carbonyl (C=O) groups is 1. The molecular weight excluding hydrogens is 314 g/mol. The third kappa shape index (κ3) is 3.82. The second-order valence-corrected chi connectivity index (χ2v) is 8.92. The zero-order chi connectivity index (χ0) is 15.7.